The van der Waals surface area contributed by atoms with Crippen LogP contribution in [0.1, 0.15) is 114 Å². The van der Waals surface area contributed by atoms with E-state index in [0.717, 1.165) is 40.6 Å². The minimum Gasteiger partial charge on any atom is -0.497 e. The van der Waals surface area contributed by atoms with Gasteiger partial charge in [0, 0.05) is 0 Å². The number of ether oxygens (including phenoxy) is 2. The molecule has 0 spiro atoms. The molecule has 0 bridgehead atoms. The second-order valence-electron chi connectivity index (χ2n) is 11.7. The molecular formula is C37H49F3N2O2. The molecule has 3 aromatic carbocycles. The first-order chi connectivity index (χ1) is 21.1. The molecule has 3 aromatic rings. The quantitative estimate of drug-likeness (QED) is 0.113. The van der Waals surface area contributed by atoms with Gasteiger partial charge in [0.05, 0.1) is 30.7 Å². The van der Waals surface area contributed by atoms with Gasteiger partial charge in [-0.3, -0.25) is 0 Å². The second kappa shape index (κ2) is 17.2. The molecule has 0 fully saturated rings. The summed E-state index contributed by atoms with van der Waals surface area (Å²) in [7, 11) is 1.36. The zero-order valence-electron chi connectivity index (χ0n) is 27.3. The van der Waals surface area contributed by atoms with Crippen LogP contribution in [0.4, 0.5) is 24.5 Å². The number of nitrogens with zero attached hydrogens (tertiary/aromatic N) is 2. The van der Waals surface area contributed by atoms with E-state index in [1.54, 1.807) is 18.2 Å². The van der Waals surface area contributed by atoms with Gasteiger partial charge in [-0.05, 0) is 95.5 Å². The Labute approximate surface area is 262 Å². The number of benzene rings is 3. The molecule has 4 nitrogen and oxygen atoms in total. The summed E-state index contributed by atoms with van der Waals surface area (Å²) in [5.74, 6) is 1.31. The highest BCUT2D eigenvalue weighted by molar-refractivity contribution is 5.74. The van der Waals surface area contributed by atoms with Crippen LogP contribution in [0.15, 0.2) is 58.8 Å². The third-order valence-corrected chi connectivity index (χ3v) is 8.01. The van der Waals surface area contributed by atoms with Crippen LogP contribution in [0.3, 0.4) is 0 Å². The maximum absolute atomic E-state index is 14.0. The molecule has 7 heteroatoms. The Morgan fingerprint density at radius 3 is 1.95 bits per heavy atom. The topological polar surface area (TPSA) is 43.2 Å². The Morgan fingerprint density at radius 2 is 1.39 bits per heavy atom. The minimum atomic E-state index is -4.51. The highest BCUT2D eigenvalue weighted by atomic mass is 19.4. The predicted molar refractivity (Wildman–Crippen MR) is 175 cm³/mol. The van der Waals surface area contributed by atoms with Crippen molar-refractivity contribution in [1.82, 2.24) is 0 Å². The lowest BCUT2D eigenvalue weighted by atomic mass is 9.92. The summed E-state index contributed by atoms with van der Waals surface area (Å²) in [6, 6.07) is 13.6. The summed E-state index contributed by atoms with van der Waals surface area (Å²) in [5, 5.41) is 9.23. The van der Waals surface area contributed by atoms with Gasteiger partial charge in [-0.2, -0.15) is 18.3 Å². The first-order valence-corrected chi connectivity index (χ1v) is 16.2. The number of aryl methyl sites for hydroxylation is 2. The summed E-state index contributed by atoms with van der Waals surface area (Å²) in [6.45, 7) is 11.2. The van der Waals surface area contributed by atoms with Crippen molar-refractivity contribution < 1.29 is 22.6 Å². The number of rotatable bonds is 17. The van der Waals surface area contributed by atoms with Crippen molar-refractivity contribution in [3.05, 3.63) is 70.8 Å². The van der Waals surface area contributed by atoms with E-state index in [9.17, 15) is 13.2 Å². The van der Waals surface area contributed by atoms with E-state index in [2.05, 4.69) is 31.0 Å². The van der Waals surface area contributed by atoms with Crippen molar-refractivity contribution in [1.29, 1.82) is 0 Å². The molecule has 0 N–H and O–H groups in total. The summed E-state index contributed by atoms with van der Waals surface area (Å²) in [4.78, 5) is 0. The maximum Gasteiger partial charge on any atom is 0.417 e. The molecule has 44 heavy (non-hydrogen) atoms. The lowest BCUT2D eigenvalue weighted by Crippen LogP contribution is -2.08. The molecule has 0 heterocycles. The van der Waals surface area contributed by atoms with Crippen LogP contribution in [-0.4, -0.2) is 13.7 Å². The van der Waals surface area contributed by atoms with Gasteiger partial charge < -0.3 is 9.47 Å². The molecule has 0 aliphatic rings. The maximum atomic E-state index is 14.0. The zero-order chi connectivity index (χ0) is 32.1. The summed E-state index contributed by atoms with van der Waals surface area (Å²) in [6.07, 6.45) is 6.76. The monoisotopic (exact) mass is 610 g/mol. The van der Waals surface area contributed by atoms with Crippen LogP contribution in [0.2, 0.25) is 0 Å². The first kappa shape index (κ1) is 35.1. The number of methoxy groups -OCH3 is 1. The molecule has 0 aliphatic heterocycles. The largest absolute Gasteiger partial charge is 0.497 e. The van der Waals surface area contributed by atoms with Crippen molar-refractivity contribution >= 4 is 11.4 Å². The van der Waals surface area contributed by atoms with Gasteiger partial charge in [0.15, 0.2) is 0 Å². The molecule has 0 amide bonds. The number of unbranched alkanes of at least 4 members (excludes halogenated alkanes) is 7. The minimum absolute atomic E-state index is 0.121. The van der Waals surface area contributed by atoms with Crippen molar-refractivity contribution in [2.45, 2.75) is 111 Å². The van der Waals surface area contributed by atoms with Gasteiger partial charge in [-0.25, -0.2) is 0 Å². The molecule has 0 radical (unpaired) electrons. The second-order valence-corrected chi connectivity index (χ2v) is 11.7. The summed E-state index contributed by atoms with van der Waals surface area (Å²) in [5.41, 5.74) is 4.12. The molecule has 0 saturated heterocycles. The SMILES string of the molecule is CCCCCCCCCCOc1ccc(N=Nc2c(CC)cc(-c3ccc(OC)cc3C(F)(F)F)cc2CC)cc1C(C)C. The van der Waals surface area contributed by atoms with E-state index in [-0.39, 0.29) is 17.2 Å². The molecule has 0 atom stereocenters. The van der Waals surface area contributed by atoms with E-state index < -0.39 is 11.7 Å². The highest BCUT2D eigenvalue weighted by Gasteiger charge is 2.34. The molecule has 3 rings (SSSR count). The lowest BCUT2D eigenvalue weighted by Gasteiger charge is -2.17. The first-order valence-electron chi connectivity index (χ1n) is 16.2. The molecule has 0 aromatic heterocycles. The van der Waals surface area contributed by atoms with Gasteiger partial charge in [0.2, 0.25) is 0 Å². The number of hydrogen-bond acceptors (Lipinski definition) is 4. The fraction of sp³-hybridized carbons (Fsp3) is 0.514. The smallest absolute Gasteiger partial charge is 0.417 e. The van der Waals surface area contributed by atoms with Crippen LogP contribution in [-0.2, 0) is 19.0 Å². The van der Waals surface area contributed by atoms with E-state index in [1.165, 1.54) is 58.1 Å². The van der Waals surface area contributed by atoms with Gasteiger partial charge in [-0.1, -0.05) is 85.6 Å². The summed E-state index contributed by atoms with van der Waals surface area (Å²) >= 11 is 0. The third-order valence-electron chi connectivity index (χ3n) is 8.01. The number of halogens is 3. The predicted octanol–water partition coefficient (Wildman–Crippen LogP) is 12.6. The highest BCUT2D eigenvalue weighted by Crippen LogP contribution is 2.42. The fourth-order valence-corrected chi connectivity index (χ4v) is 5.43. The van der Waals surface area contributed by atoms with E-state index in [1.807, 2.05) is 32.0 Å². The Bertz CT molecular complexity index is 1340. The van der Waals surface area contributed by atoms with Crippen LogP contribution in [0.25, 0.3) is 11.1 Å². The lowest BCUT2D eigenvalue weighted by molar-refractivity contribution is -0.137. The molecule has 0 aliphatic carbocycles. The number of alkyl halides is 3. The van der Waals surface area contributed by atoms with Crippen molar-refractivity contribution in [3.63, 3.8) is 0 Å². The Morgan fingerprint density at radius 1 is 0.750 bits per heavy atom. The van der Waals surface area contributed by atoms with Crippen LogP contribution in [0.5, 0.6) is 11.5 Å². The Kier molecular flexibility index (Phi) is 13.7. The summed E-state index contributed by atoms with van der Waals surface area (Å²) < 4.78 is 53.2. The average molecular weight is 611 g/mol. The van der Waals surface area contributed by atoms with Gasteiger partial charge in [0.25, 0.3) is 0 Å². The van der Waals surface area contributed by atoms with Crippen molar-refractivity contribution in [2.75, 3.05) is 13.7 Å². The van der Waals surface area contributed by atoms with Crippen molar-refractivity contribution in [3.8, 4) is 22.6 Å². The molecule has 0 unspecified atom stereocenters. The average Bonchev–Trinajstić information content (AvgIpc) is 3.02. The van der Waals surface area contributed by atoms with Gasteiger partial charge in [-0.15, -0.1) is 5.11 Å². The van der Waals surface area contributed by atoms with Crippen LogP contribution >= 0.6 is 0 Å². The van der Waals surface area contributed by atoms with E-state index in [0.29, 0.717) is 30.7 Å². The van der Waals surface area contributed by atoms with Crippen LogP contribution in [0, 0.1) is 0 Å². The molecule has 0 saturated carbocycles. The number of azo groups is 1. The van der Waals surface area contributed by atoms with Gasteiger partial charge in [0.1, 0.15) is 11.5 Å². The Balaban J connectivity index is 1.80. The van der Waals surface area contributed by atoms with Crippen molar-refractivity contribution in [2.24, 2.45) is 10.2 Å². The third kappa shape index (κ3) is 9.83. The Hall–Kier alpha value is -3.35. The number of hydrogen-bond donors (Lipinski definition) is 0. The normalized spacial score (nSPS) is 12.0. The molecule has 240 valence electrons. The zero-order valence-corrected chi connectivity index (χ0v) is 27.3. The standard InChI is InChI=1S/C37H49F3N2O2/c1-7-10-11-12-13-14-15-16-21-44-35-20-17-30(24-33(35)26(4)5)41-42-36-27(8-2)22-29(23-28(36)9-3)32-19-18-31(43-6)25-34(32)37(38,39)40/h17-20,22-26H,7-16,21H2,1-6H3. The van der Waals surface area contributed by atoms with E-state index in [4.69, 9.17) is 9.47 Å². The van der Waals surface area contributed by atoms with Gasteiger partial charge >= 0.3 is 6.18 Å². The van der Waals surface area contributed by atoms with E-state index >= 15 is 0 Å². The fourth-order valence-electron chi connectivity index (χ4n) is 5.43. The molecular weight excluding hydrogens is 561 g/mol. The van der Waals surface area contributed by atoms with Crippen LogP contribution < -0.4 is 9.47 Å².